The summed E-state index contributed by atoms with van der Waals surface area (Å²) >= 11 is 0. The highest BCUT2D eigenvalue weighted by molar-refractivity contribution is 5.66. The number of fused-ring (bicyclic) bond motifs is 1. The third-order valence-corrected chi connectivity index (χ3v) is 9.34. The summed E-state index contributed by atoms with van der Waals surface area (Å²) in [4.78, 5) is 16.1. The Bertz CT molecular complexity index is 865. The molecule has 0 saturated heterocycles. The number of nitrogens with zero attached hydrogens (tertiary/aromatic N) is 1. The van der Waals surface area contributed by atoms with E-state index in [9.17, 15) is 9.90 Å². The van der Waals surface area contributed by atoms with Crippen molar-refractivity contribution in [1.82, 2.24) is 4.98 Å². The fourth-order valence-corrected chi connectivity index (χ4v) is 7.39. The Morgan fingerprint density at radius 2 is 2.06 bits per heavy atom. The molecule has 4 nitrogen and oxygen atoms in total. The fourth-order valence-electron chi connectivity index (χ4n) is 7.39. The van der Waals surface area contributed by atoms with Crippen molar-refractivity contribution >= 4 is 12.0 Å². The Morgan fingerprint density at radius 3 is 2.75 bits per heavy atom. The molecule has 0 radical (unpaired) electrons. The molecule has 0 aromatic carbocycles. The van der Waals surface area contributed by atoms with E-state index in [1.54, 1.807) is 0 Å². The van der Waals surface area contributed by atoms with Gasteiger partial charge in [0.15, 0.2) is 0 Å². The van der Waals surface area contributed by atoms with Crippen LogP contribution in [0.2, 0.25) is 0 Å². The number of aliphatic hydroxyl groups excluding tert-OH is 1. The zero-order valence-electron chi connectivity index (χ0n) is 19.9. The van der Waals surface area contributed by atoms with Crippen LogP contribution in [0.1, 0.15) is 71.4 Å². The van der Waals surface area contributed by atoms with Crippen LogP contribution in [0.25, 0.3) is 6.08 Å². The summed E-state index contributed by atoms with van der Waals surface area (Å²) in [6.45, 7) is 11.0. The number of esters is 1. The number of rotatable bonds is 5. The maximum absolute atomic E-state index is 11.7. The van der Waals surface area contributed by atoms with Gasteiger partial charge in [0.1, 0.15) is 6.10 Å². The molecule has 0 amide bonds. The molecule has 3 aliphatic carbocycles. The predicted octanol–water partition coefficient (Wildman–Crippen LogP) is 5.82. The molecule has 0 bridgehead atoms. The highest BCUT2D eigenvalue weighted by Gasteiger charge is 2.56. The van der Waals surface area contributed by atoms with Gasteiger partial charge in [-0.2, -0.15) is 0 Å². The first-order chi connectivity index (χ1) is 15.3. The molecule has 7 atom stereocenters. The van der Waals surface area contributed by atoms with Crippen LogP contribution in [0, 0.1) is 34.5 Å². The van der Waals surface area contributed by atoms with Gasteiger partial charge in [0, 0.05) is 19.7 Å². The Labute approximate surface area is 193 Å². The minimum absolute atomic E-state index is 0.0355. The van der Waals surface area contributed by atoms with Crippen molar-refractivity contribution < 1.29 is 14.6 Å². The molecule has 0 aliphatic heterocycles. The molecular weight excluding hydrogens is 398 g/mol. The molecule has 0 spiro atoms. The Kier molecular flexibility index (Phi) is 6.63. The number of pyridine rings is 1. The van der Waals surface area contributed by atoms with Crippen molar-refractivity contribution in [2.45, 2.75) is 71.8 Å². The number of aromatic nitrogens is 1. The zero-order chi connectivity index (χ0) is 22.9. The molecule has 1 aromatic heterocycles. The molecule has 3 saturated carbocycles. The van der Waals surface area contributed by atoms with E-state index in [-0.39, 0.29) is 35.4 Å². The average Bonchev–Trinajstić information content (AvgIpc) is 3.08. The molecule has 1 N–H and O–H groups in total. The van der Waals surface area contributed by atoms with Crippen molar-refractivity contribution in [1.29, 1.82) is 0 Å². The molecule has 3 aliphatic rings. The van der Waals surface area contributed by atoms with E-state index in [2.05, 4.69) is 37.6 Å². The topological polar surface area (TPSA) is 59.4 Å². The van der Waals surface area contributed by atoms with Crippen molar-refractivity contribution in [3.63, 3.8) is 0 Å². The second-order valence-corrected chi connectivity index (χ2v) is 10.9. The maximum Gasteiger partial charge on any atom is 0.302 e. The van der Waals surface area contributed by atoms with Gasteiger partial charge in [0.25, 0.3) is 0 Å². The smallest absolute Gasteiger partial charge is 0.302 e. The molecule has 32 heavy (non-hydrogen) atoms. The standard InChI is InChI=1S/C28H39NO3/c1-19-8-11-25-24(18-30)26(13-15-27(19,25)3)28(4)14-12-23(32-20(2)31)17-21(28)9-10-22-7-5-6-16-29-22/h5-7,9-10,16,21,23-26,30H,1,8,11-15,17-18H2,2-4H3/t21-,23-,24-,25?,26?,27+,28-/m0/s1. The number of carbonyl (C=O) groups excluding carboxylic acids is 1. The largest absolute Gasteiger partial charge is 0.463 e. The quantitative estimate of drug-likeness (QED) is 0.465. The molecule has 4 heteroatoms. The van der Waals surface area contributed by atoms with E-state index in [0.717, 1.165) is 50.6 Å². The second-order valence-electron chi connectivity index (χ2n) is 10.9. The van der Waals surface area contributed by atoms with Crippen LogP contribution in [0.3, 0.4) is 0 Å². The molecular formula is C28H39NO3. The number of carbonyl (C=O) groups is 1. The lowest BCUT2D eigenvalue weighted by molar-refractivity contribution is -0.152. The Hall–Kier alpha value is -1.94. The van der Waals surface area contributed by atoms with Crippen molar-refractivity contribution in [3.8, 4) is 0 Å². The van der Waals surface area contributed by atoms with Gasteiger partial charge in [-0.05, 0) is 97.7 Å². The molecule has 1 heterocycles. The van der Waals surface area contributed by atoms with Crippen LogP contribution >= 0.6 is 0 Å². The van der Waals surface area contributed by atoms with E-state index >= 15 is 0 Å². The van der Waals surface area contributed by atoms with Gasteiger partial charge in [-0.3, -0.25) is 9.78 Å². The van der Waals surface area contributed by atoms with E-state index in [1.807, 2.05) is 24.4 Å². The monoisotopic (exact) mass is 437 g/mol. The second kappa shape index (κ2) is 9.13. The van der Waals surface area contributed by atoms with Crippen molar-refractivity contribution in [3.05, 3.63) is 48.3 Å². The lowest BCUT2D eigenvalue weighted by Gasteiger charge is -2.56. The summed E-state index contributed by atoms with van der Waals surface area (Å²) in [6, 6.07) is 5.96. The molecule has 174 valence electrons. The summed E-state index contributed by atoms with van der Waals surface area (Å²) in [7, 11) is 0. The lowest BCUT2D eigenvalue weighted by Crippen LogP contribution is -2.51. The molecule has 1 aromatic rings. The van der Waals surface area contributed by atoms with Gasteiger partial charge in [-0.1, -0.05) is 38.1 Å². The van der Waals surface area contributed by atoms with Crippen LogP contribution in [-0.2, 0) is 9.53 Å². The van der Waals surface area contributed by atoms with Crippen LogP contribution < -0.4 is 0 Å². The normalized spacial score (nSPS) is 39.8. The van der Waals surface area contributed by atoms with Crippen LogP contribution in [0.5, 0.6) is 0 Å². The SMILES string of the molecule is C=C1CCC2[C@H](CO)C([C@@]3(C)CC[C@H](OC(C)=O)C[C@@H]3C=Cc3ccccn3)CC[C@]12C. The third-order valence-electron chi connectivity index (χ3n) is 9.34. The van der Waals surface area contributed by atoms with E-state index in [0.29, 0.717) is 17.8 Å². The van der Waals surface area contributed by atoms with Crippen molar-refractivity contribution in [2.24, 2.45) is 34.5 Å². The minimum atomic E-state index is -0.197. The summed E-state index contributed by atoms with van der Waals surface area (Å²) < 4.78 is 5.66. The lowest BCUT2D eigenvalue weighted by atomic mass is 9.49. The summed E-state index contributed by atoms with van der Waals surface area (Å²) in [5.41, 5.74) is 2.57. The van der Waals surface area contributed by atoms with Gasteiger partial charge in [-0.25, -0.2) is 0 Å². The molecule has 2 unspecified atom stereocenters. The number of hydrogen-bond acceptors (Lipinski definition) is 4. The first kappa shape index (κ1) is 23.2. The van der Waals surface area contributed by atoms with Crippen LogP contribution in [0.4, 0.5) is 0 Å². The van der Waals surface area contributed by atoms with Crippen molar-refractivity contribution in [2.75, 3.05) is 6.61 Å². The van der Waals surface area contributed by atoms with E-state index in [1.165, 1.54) is 12.5 Å². The number of aliphatic hydroxyl groups is 1. The number of hydrogen-bond donors (Lipinski definition) is 1. The van der Waals surface area contributed by atoms with Gasteiger partial charge < -0.3 is 9.84 Å². The van der Waals surface area contributed by atoms with Gasteiger partial charge in [0.05, 0.1) is 5.69 Å². The van der Waals surface area contributed by atoms with E-state index < -0.39 is 0 Å². The average molecular weight is 438 g/mol. The number of ether oxygens (including phenoxy) is 1. The maximum atomic E-state index is 11.7. The minimum Gasteiger partial charge on any atom is -0.463 e. The molecule has 3 fully saturated rings. The third kappa shape index (κ3) is 4.19. The summed E-state index contributed by atoms with van der Waals surface area (Å²) in [6.07, 6.45) is 13.5. The fraction of sp³-hybridized carbons (Fsp3) is 0.643. The highest BCUT2D eigenvalue weighted by Crippen LogP contribution is 2.63. The summed E-state index contributed by atoms with van der Waals surface area (Å²) in [5, 5.41) is 10.6. The molecule has 4 rings (SSSR count). The van der Waals surface area contributed by atoms with Crippen LogP contribution in [0.15, 0.2) is 42.6 Å². The van der Waals surface area contributed by atoms with E-state index in [4.69, 9.17) is 4.74 Å². The Balaban J connectivity index is 1.63. The number of allylic oxidation sites excluding steroid dienone is 2. The van der Waals surface area contributed by atoms with Gasteiger partial charge in [0.2, 0.25) is 0 Å². The highest BCUT2D eigenvalue weighted by atomic mass is 16.5. The van der Waals surface area contributed by atoms with Gasteiger partial charge >= 0.3 is 5.97 Å². The van der Waals surface area contributed by atoms with Crippen LogP contribution in [-0.4, -0.2) is 28.8 Å². The first-order valence-corrected chi connectivity index (χ1v) is 12.3. The Morgan fingerprint density at radius 1 is 1.25 bits per heavy atom. The summed E-state index contributed by atoms with van der Waals surface area (Å²) in [5.74, 6) is 1.34. The predicted molar refractivity (Wildman–Crippen MR) is 128 cm³/mol. The first-order valence-electron chi connectivity index (χ1n) is 12.3. The zero-order valence-corrected chi connectivity index (χ0v) is 19.9. The van der Waals surface area contributed by atoms with Gasteiger partial charge in [-0.15, -0.1) is 0 Å².